The fourth-order valence-corrected chi connectivity index (χ4v) is 4.54. The molecule has 1 aliphatic carbocycles. The zero-order chi connectivity index (χ0) is 22.8. The molecular formula is C26H37FN2O3. The van der Waals surface area contributed by atoms with Crippen molar-refractivity contribution in [1.29, 1.82) is 0 Å². The van der Waals surface area contributed by atoms with Crippen LogP contribution in [0.15, 0.2) is 42.6 Å². The molecule has 1 aromatic carbocycles. The fourth-order valence-electron chi connectivity index (χ4n) is 4.54. The summed E-state index contributed by atoms with van der Waals surface area (Å²) in [4.78, 5) is 13.9. The highest BCUT2D eigenvalue weighted by Crippen LogP contribution is 2.25. The second-order valence-electron chi connectivity index (χ2n) is 9.00. The molecule has 0 radical (unpaired) electrons. The number of ether oxygens (including phenoxy) is 1. The van der Waals surface area contributed by atoms with Crippen molar-refractivity contribution < 1.29 is 19.0 Å². The summed E-state index contributed by atoms with van der Waals surface area (Å²) in [6, 6.07) is 10.9. The third-order valence-corrected chi connectivity index (χ3v) is 6.21. The highest BCUT2D eigenvalue weighted by atomic mass is 19.1. The average molecular weight is 445 g/mol. The van der Waals surface area contributed by atoms with Gasteiger partial charge in [-0.25, -0.2) is 4.39 Å². The van der Waals surface area contributed by atoms with Crippen molar-refractivity contribution in [2.24, 2.45) is 5.92 Å². The number of esters is 1. The van der Waals surface area contributed by atoms with Gasteiger partial charge in [0.1, 0.15) is 18.5 Å². The lowest BCUT2D eigenvalue weighted by Gasteiger charge is -2.31. The number of benzene rings is 1. The van der Waals surface area contributed by atoms with E-state index in [4.69, 9.17) is 4.74 Å². The predicted octanol–water partition coefficient (Wildman–Crippen LogP) is 4.76. The minimum Gasteiger partial charge on any atom is -0.463 e. The second-order valence-corrected chi connectivity index (χ2v) is 9.00. The number of carbonyl (C=O) groups excluding carboxylic acids is 1. The molecule has 2 aromatic rings. The van der Waals surface area contributed by atoms with Gasteiger partial charge in [0, 0.05) is 43.5 Å². The number of aliphatic hydroxyl groups is 1. The zero-order valence-electron chi connectivity index (χ0n) is 19.2. The molecule has 0 spiro atoms. The third kappa shape index (κ3) is 7.75. The molecule has 1 aliphatic rings. The minimum absolute atomic E-state index is 0.0240. The quantitative estimate of drug-likeness (QED) is 0.480. The van der Waals surface area contributed by atoms with Gasteiger partial charge in [-0.05, 0) is 43.4 Å². The Kier molecular flexibility index (Phi) is 9.75. The van der Waals surface area contributed by atoms with Gasteiger partial charge < -0.3 is 14.4 Å². The summed E-state index contributed by atoms with van der Waals surface area (Å²) in [5.74, 6) is 0.160. The van der Waals surface area contributed by atoms with Crippen molar-refractivity contribution in [2.45, 2.75) is 71.1 Å². The summed E-state index contributed by atoms with van der Waals surface area (Å²) in [5.41, 5.74) is 1.74. The van der Waals surface area contributed by atoms with Crippen molar-refractivity contribution in [1.82, 2.24) is 9.47 Å². The summed E-state index contributed by atoms with van der Waals surface area (Å²) < 4.78 is 21.5. The van der Waals surface area contributed by atoms with Gasteiger partial charge in [-0.1, -0.05) is 44.4 Å². The van der Waals surface area contributed by atoms with Gasteiger partial charge in [0.25, 0.3) is 0 Å². The Hall–Kier alpha value is -2.18. The summed E-state index contributed by atoms with van der Waals surface area (Å²) in [6.45, 7) is 4.45. The van der Waals surface area contributed by atoms with Crippen LogP contribution in [-0.2, 0) is 22.6 Å². The first kappa shape index (κ1) is 24.5. The number of hydrogen-bond donors (Lipinski definition) is 1. The Morgan fingerprint density at radius 1 is 1.22 bits per heavy atom. The van der Waals surface area contributed by atoms with E-state index >= 15 is 0 Å². The highest BCUT2D eigenvalue weighted by molar-refractivity contribution is 5.69. The maximum Gasteiger partial charge on any atom is 0.305 e. The maximum atomic E-state index is 14.2. The van der Waals surface area contributed by atoms with Gasteiger partial charge in [-0.2, -0.15) is 0 Å². The average Bonchev–Trinajstić information content (AvgIpc) is 3.21. The third-order valence-electron chi connectivity index (χ3n) is 6.21. The summed E-state index contributed by atoms with van der Waals surface area (Å²) in [6.07, 6.45) is 8.63. The van der Waals surface area contributed by atoms with Gasteiger partial charge in [0.2, 0.25) is 0 Å². The fraction of sp³-hybridized carbons (Fsp3) is 0.577. The first-order chi connectivity index (χ1) is 15.5. The Balaban J connectivity index is 1.65. The van der Waals surface area contributed by atoms with Crippen molar-refractivity contribution >= 4 is 5.97 Å². The second kappa shape index (κ2) is 12.8. The number of hydrogen-bond acceptors (Lipinski definition) is 4. The minimum atomic E-state index is -0.727. The predicted molar refractivity (Wildman–Crippen MR) is 124 cm³/mol. The molecule has 1 unspecified atom stereocenters. The molecule has 0 amide bonds. The summed E-state index contributed by atoms with van der Waals surface area (Å²) >= 11 is 0. The van der Waals surface area contributed by atoms with E-state index in [1.54, 1.807) is 6.07 Å². The lowest BCUT2D eigenvalue weighted by atomic mass is 9.89. The van der Waals surface area contributed by atoms with Gasteiger partial charge in [-0.3, -0.25) is 9.69 Å². The van der Waals surface area contributed by atoms with Gasteiger partial charge in [-0.15, -0.1) is 0 Å². The van der Waals surface area contributed by atoms with Crippen molar-refractivity contribution in [3.63, 3.8) is 0 Å². The van der Waals surface area contributed by atoms with Crippen LogP contribution in [0.1, 0.15) is 63.1 Å². The lowest BCUT2D eigenvalue weighted by Crippen LogP contribution is -2.38. The zero-order valence-corrected chi connectivity index (χ0v) is 19.2. The molecule has 5 nitrogen and oxygen atoms in total. The molecule has 1 fully saturated rings. The maximum absolute atomic E-state index is 14.2. The smallest absolute Gasteiger partial charge is 0.305 e. The molecule has 32 heavy (non-hydrogen) atoms. The van der Waals surface area contributed by atoms with E-state index in [9.17, 15) is 14.3 Å². The molecule has 6 heteroatoms. The molecule has 1 saturated carbocycles. The summed E-state index contributed by atoms with van der Waals surface area (Å²) in [7, 11) is 0. The lowest BCUT2D eigenvalue weighted by molar-refractivity contribution is -0.147. The highest BCUT2D eigenvalue weighted by Gasteiger charge is 2.21. The van der Waals surface area contributed by atoms with E-state index in [0.29, 0.717) is 37.5 Å². The monoisotopic (exact) mass is 444 g/mol. The van der Waals surface area contributed by atoms with Gasteiger partial charge in [0.15, 0.2) is 0 Å². The van der Waals surface area contributed by atoms with Gasteiger partial charge >= 0.3 is 5.97 Å². The van der Waals surface area contributed by atoms with E-state index in [0.717, 1.165) is 18.7 Å². The van der Waals surface area contributed by atoms with Crippen LogP contribution in [0.4, 0.5) is 4.39 Å². The number of nitrogens with zero attached hydrogens (tertiary/aromatic N) is 2. The Labute approximate surface area is 191 Å². The largest absolute Gasteiger partial charge is 0.463 e. The number of rotatable bonds is 12. The molecule has 3 rings (SSSR count). The Morgan fingerprint density at radius 2 is 2.00 bits per heavy atom. The van der Waals surface area contributed by atoms with Crippen molar-refractivity contribution in [3.8, 4) is 0 Å². The van der Waals surface area contributed by atoms with E-state index in [2.05, 4.69) is 15.5 Å². The van der Waals surface area contributed by atoms with Crippen LogP contribution in [0.2, 0.25) is 0 Å². The number of aromatic nitrogens is 1. The summed E-state index contributed by atoms with van der Waals surface area (Å²) in [5, 5.41) is 10.6. The molecule has 0 saturated heterocycles. The molecule has 1 aromatic heterocycles. The molecule has 1 atom stereocenters. The molecule has 1 heterocycles. The molecule has 0 bridgehead atoms. The molecule has 0 aliphatic heterocycles. The standard InChI is InChI=1S/C26H37FN2O3/c1-2-9-26(31)32-20-24(30)19-28(16-21-10-4-3-5-11-21)18-23-13-8-15-29(23)17-22-12-6-7-14-25(22)27/h6-8,12-15,21,24,30H,2-5,9-11,16-20H2,1H3. The van der Waals surface area contributed by atoms with E-state index in [-0.39, 0.29) is 18.4 Å². The topological polar surface area (TPSA) is 54.7 Å². The Bertz CT molecular complexity index is 832. The van der Waals surface area contributed by atoms with Crippen molar-refractivity contribution in [3.05, 3.63) is 59.7 Å². The molecular weight excluding hydrogens is 407 g/mol. The van der Waals surface area contributed by atoms with E-state index in [1.165, 1.54) is 38.2 Å². The van der Waals surface area contributed by atoms with Crippen LogP contribution in [0.5, 0.6) is 0 Å². The van der Waals surface area contributed by atoms with E-state index < -0.39 is 6.10 Å². The first-order valence-corrected chi connectivity index (χ1v) is 12.0. The molecule has 176 valence electrons. The van der Waals surface area contributed by atoms with Crippen LogP contribution < -0.4 is 0 Å². The van der Waals surface area contributed by atoms with Crippen molar-refractivity contribution in [2.75, 3.05) is 19.7 Å². The SMILES string of the molecule is CCCC(=O)OCC(O)CN(Cc1cccn1Cc1ccccc1F)CC1CCCCC1. The first-order valence-electron chi connectivity index (χ1n) is 12.0. The number of halogens is 1. The van der Waals surface area contributed by atoms with Crippen LogP contribution in [-0.4, -0.2) is 46.3 Å². The number of aliphatic hydroxyl groups excluding tert-OH is 1. The molecule has 1 N–H and O–H groups in total. The van der Waals surface area contributed by atoms with Crippen LogP contribution in [0.25, 0.3) is 0 Å². The van der Waals surface area contributed by atoms with Crippen LogP contribution in [0, 0.1) is 11.7 Å². The van der Waals surface area contributed by atoms with Crippen LogP contribution >= 0.6 is 0 Å². The van der Waals surface area contributed by atoms with Crippen LogP contribution in [0.3, 0.4) is 0 Å². The number of carbonyl (C=O) groups is 1. The Morgan fingerprint density at radius 3 is 2.75 bits per heavy atom. The normalized spacial score (nSPS) is 15.8. The van der Waals surface area contributed by atoms with Gasteiger partial charge in [0.05, 0.1) is 6.54 Å². The van der Waals surface area contributed by atoms with E-state index in [1.807, 2.05) is 31.3 Å².